The van der Waals surface area contributed by atoms with E-state index in [0.717, 1.165) is 51.4 Å². The van der Waals surface area contributed by atoms with E-state index >= 15 is 0 Å². The van der Waals surface area contributed by atoms with E-state index < -0.39 is 11.6 Å². The molecule has 2 aliphatic rings. The first-order valence-electron chi connectivity index (χ1n) is 6.52. The number of carboxylic acid groups (broad SMARTS) is 1. The van der Waals surface area contributed by atoms with Gasteiger partial charge >= 0.3 is 5.97 Å². The van der Waals surface area contributed by atoms with Crippen LogP contribution in [-0.2, 0) is 4.79 Å². The van der Waals surface area contributed by atoms with E-state index in [1.54, 1.807) is 0 Å². The van der Waals surface area contributed by atoms with E-state index in [9.17, 15) is 9.90 Å². The van der Waals surface area contributed by atoms with Gasteiger partial charge in [0.05, 0.1) is 12.0 Å². The van der Waals surface area contributed by atoms with Gasteiger partial charge in [-0.05, 0) is 31.1 Å². The van der Waals surface area contributed by atoms with Gasteiger partial charge in [0.1, 0.15) is 0 Å². The molecule has 0 radical (unpaired) electrons. The zero-order valence-electron chi connectivity index (χ0n) is 9.87. The van der Waals surface area contributed by atoms with Gasteiger partial charge in [-0.2, -0.15) is 0 Å². The highest BCUT2D eigenvalue weighted by Gasteiger charge is 2.52. The second-order valence-electron chi connectivity index (χ2n) is 5.65. The summed E-state index contributed by atoms with van der Waals surface area (Å²) in [6.45, 7) is 0. The molecule has 2 rings (SSSR count). The van der Waals surface area contributed by atoms with Crippen LogP contribution in [-0.4, -0.2) is 21.8 Å². The Balaban J connectivity index is 2.24. The maximum Gasteiger partial charge on any atom is 0.306 e. The molecule has 0 aromatic heterocycles. The monoisotopic (exact) mass is 226 g/mol. The zero-order chi connectivity index (χ0) is 11.6. The van der Waals surface area contributed by atoms with Gasteiger partial charge in [0, 0.05) is 0 Å². The minimum Gasteiger partial charge on any atom is -0.481 e. The second kappa shape index (κ2) is 4.36. The Kier molecular flexibility index (Phi) is 3.24. The third kappa shape index (κ3) is 1.97. The first kappa shape index (κ1) is 11.9. The molecule has 0 aliphatic heterocycles. The molecule has 1 atom stereocenters. The molecule has 2 saturated carbocycles. The Morgan fingerprint density at radius 3 is 2.00 bits per heavy atom. The van der Waals surface area contributed by atoms with Crippen molar-refractivity contribution in [2.45, 2.75) is 69.8 Å². The molecule has 0 aromatic carbocycles. The van der Waals surface area contributed by atoms with Crippen LogP contribution in [0, 0.1) is 5.41 Å². The van der Waals surface area contributed by atoms with Crippen LogP contribution in [0.25, 0.3) is 0 Å². The van der Waals surface area contributed by atoms with Crippen molar-refractivity contribution in [3.63, 3.8) is 0 Å². The van der Waals surface area contributed by atoms with Gasteiger partial charge in [-0.1, -0.05) is 32.1 Å². The fourth-order valence-electron chi connectivity index (χ4n) is 3.85. The fourth-order valence-corrected chi connectivity index (χ4v) is 3.85. The Morgan fingerprint density at radius 1 is 0.938 bits per heavy atom. The van der Waals surface area contributed by atoms with Crippen LogP contribution in [0.15, 0.2) is 0 Å². The molecule has 0 bridgehead atoms. The summed E-state index contributed by atoms with van der Waals surface area (Å²) >= 11 is 0. The molecule has 2 N–H and O–H groups in total. The number of carbonyl (C=O) groups is 1. The summed E-state index contributed by atoms with van der Waals surface area (Å²) in [6.07, 6.45) is 9.28. The highest BCUT2D eigenvalue weighted by Crippen LogP contribution is 2.54. The molecule has 0 saturated heterocycles. The van der Waals surface area contributed by atoms with Crippen molar-refractivity contribution < 1.29 is 15.0 Å². The van der Waals surface area contributed by atoms with Gasteiger partial charge in [0.25, 0.3) is 0 Å². The van der Waals surface area contributed by atoms with Crippen molar-refractivity contribution in [2.24, 2.45) is 5.41 Å². The van der Waals surface area contributed by atoms with Gasteiger partial charge < -0.3 is 10.2 Å². The molecule has 16 heavy (non-hydrogen) atoms. The average molecular weight is 226 g/mol. The van der Waals surface area contributed by atoms with Crippen LogP contribution in [0.5, 0.6) is 0 Å². The third-order valence-electron chi connectivity index (χ3n) is 4.74. The molecule has 92 valence electrons. The lowest BCUT2D eigenvalue weighted by atomic mass is 9.66. The van der Waals surface area contributed by atoms with Crippen molar-refractivity contribution in [2.75, 3.05) is 0 Å². The highest BCUT2D eigenvalue weighted by molar-refractivity contribution is 5.68. The number of aliphatic hydroxyl groups is 1. The molecule has 1 spiro atoms. The molecule has 0 aromatic rings. The summed E-state index contributed by atoms with van der Waals surface area (Å²) in [5.74, 6) is -0.851. The lowest BCUT2D eigenvalue weighted by molar-refractivity contribution is -0.152. The fraction of sp³-hybridized carbons (Fsp3) is 0.923. The van der Waals surface area contributed by atoms with Crippen molar-refractivity contribution in [1.29, 1.82) is 0 Å². The van der Waals surface area contributed by atoms with Crippen molar-refractivity contribution in [3.05, 3.63) is 0 Å². The van der Waals surface area contributed by atoms with Crippen LogP contribution in [0.2, 0.25) is 0 Å². The van der Waals surface area contributed by atoms with Gasteiger partial charge in [-0.3, -0.25) is 4.79 Å². The van der Waals surface area contributed by atoms with E-state index in [-0.39, 0.29) is 11.8 Å². The molecule has 0 amide bonds. The minimum absolute atomic E-state index is 0.0625. The number of rotatable bonds is 2. The quantitative estimate of drug-likeness (QED) is 0.761. The maximum atomic E-state index is 11.0. The van der Waals surface area contributed by atoms with E-state index in [4.69, 9.17) is 5.11 Å². The maximum absolute atomic E-state index is 11.0. The molecule has 3 heteroatoms. The SMILES string of the molecule is O=C(O)CC1(O)CCCCCC12CCCC2. The average Bonchev–Trinajstić information content (AvgIpc) is 2.60. The summed E-state index contributed by atoms with van der Waals surface area (Å²) in [5.41, 5.74) is -1.02. The normalized spacial score (nSPS) is 33.8. The molecule has 2 fully saturated rings. The molecule has 3 nitrogen and oxygen atoms in total. The lowest BCUT2D eigenvalue weighted by Crippen LogP contribution is -2.47. The van der Waals surface area contributed by atoms with Crippen molar-refractivity contribution in [3.8, 4) is 0 Å². The largest absolute Gasteiger partial charge is 0.481 e. The van der Waals surface area contributed by atoms with Gasteiger partial charge in [0.15, 0.2) is 0 Å². The summed E-state index contributed by atoms with van der Waals surface area (Å²) < 4.78 is 0. The predicted molar refractivity (Wildman–Crippen MR) is 61.2 cm³/mol. The number of hydrogen-bond donors (Lipinski definition) is 2. The van der Waals surface area contributed by atoms with E-state index in [2.05, 4.69) is 0 Å². The van der Waals surface area contributed by atoms with Gasteiger partial charge in [0.2, 0.25) is 0 Å². The number of hydrogen-bond acceptors (Lipinski definition) is 2. The topological polar surface area (TPSA) is 57.5 Å². The zero-order valence-corrected chi connectivity index (χ0v) is 9.87. The van der Waals surface area contributed by atoms with Gasteiger partial charge in [-0.15, -0.1) is 0 Å². The van der Waals surface area contributed by atoms with Crippen LogP contribution in [0.1, 0.15) is 64.2 Å². The Morgan fingerprint density at radius 2 is 1.44 bits per heavy atom. The summed E-state index contributed by atoms with van der Waals surface area (Å²) in [4.78, 5) is 11.0. The Bertz CT molecular complexity index is 268. The minimum atomic E-state index is -0.939. The smallest absolute Gasteiger partial charge is 0.306 e. The van der Waals surface area contributed by atoms with Crippen LogP contribution in [0.3, 0.4) is 0 Å². The first-order valence-corrected chi connectivity index (χ1v) is 6.52. The molecule has 0 heterocycles. The molecule has 1 unspecified atom stereocenters. The summed E-state index contributed by atoms with van der Waals surface area (Å²) in [6, 6.07) is 0. The summed E-state index contributed by atoms with van der Waals surface area (Å²) in [7, 11) is 0. The number of carboxylic acids is 1. The molecule has 2 aliphatic carbocycles. The Labute approximate surface area is 96.9 Å². The van der Waals surface area contributed by atoms with Crippen LogP contribution in [0.4, 0.5) is 0 Å². The highest BCUT2D eigenvalue weighted by atomic mass is 16.4. The van der Waals surface area contributed by atoms with Crippen molar-refractivity contribution in [1.82, 2.24) is 0 Å². The second-order valence-corrected chi connectivity index (χ2v) is 5.65. The van der Waals surface area contributed by atoms with E-state index in [1.165, 1.54) is 0 Å². The third-order valence-corrected chi connectivity index (χ3v) is 4.74. The molecular formula is C13H22O3. The van der Waals surface area contributed by atoms with E-state index in [1.807, 2.05) is 0 Å². The van der Waals surface area contributed by atoms with Gasteiger partial charge in [-0.25, -0.2) is 0 Å². The predicted octanol–water partition coefficient (Wildman–Crippen LogP) is 2.72. The van der Waals surface area contributed by atoms with Crippen LogP contribution < -0.4 is 0 Å². The molecular weight excluding hydrogens is 204 g/mol. The Hall–Kier alpha value is -0.570. The summed E-state index contributed by atoms with van der Waals surface area (Å²) in [5, 5.41) is 19.8. The first-order chi connectivity index (χ1) is 7.58. The van der Waals surface area contributed by atoms with E-state index in [0.29, 0.717) is 6.42 Å². The van der Waals surface area contributed by atoms with Crippen molar-refractivity contribution >= 4 is 5.97 Å². The van der Waals surface area contributed by atoms with Crippen LogP contribution >= 0.6 is 0 Å². The standard InChI is InChI=1S/C13H22O3/c14-11(15)10-13(16)9-3-1-2-6-12(13)7-4-5-8-12/h16H,1-10H2,(H,14,15). The lowest BCUT2D eigenvalue weighted by Gasteiger charge is -2.43. The number of aliphatic carboxylic acids is 1.